The predicted molar refractivity (Wildman–Crippen MR) is 112 cm³/mol. The maximum Gasteiger partial charge on any atom is 0.283 e. The summed E-state index contributed by atoms with van der Waals surface area (Å²) in [6.07, 6.45) is -0.417. The molecule has 2 aromatic rings. The van der Waals surface area contributed by atoms with Crippen LogP contribution in [0.1, 0.15) is 12.0 Å². The van der Waals surface area contributed by atoms with Crippen LogP contribution in [-0.4, -0.2) is 62.7 Å². The molecular formula is C22H21F5N2O4S. The fraction of sp³-hybridized carbons (Fsp3) is 0.409. The molecule has 34 heavy (non-hydrogen) atoms. The van der Waals surface area contributed by atoms with E-state index in [0.717, 1.165) is 11.0 Å². The van der Waals surface area contributed by atoms with Gasteiger partial charge >= 0.3 is 0 Å². The highest BCUT2D eigenvalue weighted by molar-refractivity contribution is 7.88. The van der Waals surface area contributed by atoms with Crippen LogP contribution in [0.15, 0.2) is 36.4 Å². The van der Waals surface area contributed by atoms with Crippen molar-refractivity contribution in [1.29, 1.82) is 0 Å². The predicted octanol–water partition coefficient (Wildman–Crippen LogP) is 2.87. The number of amides is 1. The molecule has 12 heteroatoms. The van der Waals surface area contributed by atoms with Crippen LogP contribution in [0, 0.1) is 17.5 Å². The van der Waals surface area contributed by atoms with Gasteiger partial charge in [0, 0.05) is 17.5 Å². The third-order valence-electron chi connectivity index (χ3n) is 5.97. The second-order valence-corrected chi connectivity index (χ2v) is 10.2. The zero-order valence-electron chi connectivity index (χ0n) is 17.9. The smallest absolute Gasteiger partial charge is 0.283 e. The first-order valence-electron chi connectivity index (χ1n) is 10.4. The first kappa shape index (κ1) is 24.6. The van der Waals surface area contributed by atoms with Crippen molar-refractivity contribution in [2.24, 2.45) is 0 Å². The van der Waals surface area contributed by atoms with E-state index in [1.165, 1.54) is 30.3 Å². The van der Waals surface area contributed by atoms with Crippen molar-refractivity contribution >= 4 is 15.9 Å². The molecule has 0 saturated carbocycles. The first-order valence-corrected chi connectivity index (χ1v) is 12.3. The van der Waals surface area contributed by atoms with Crippen LogP contribution in [0.2, 0.25) is 0 Å². The van der Waals surface area contributed by atoms with Gasteiger partial charge in [-0.2, -0.15) is 0 Å². The minimum atomic E-state index is -4.12. The Morgan fingerprint density at radius 1 is 1.12 bits per heavy atom. The minimum Gasteiger partial charge on any atom is -0.368 e. The van der Waals surface area contributed by atoms with Crippen molar-refractivity contribution < 1.29 is 39.9 Å². The molecule has 0 unspecified atom stereocenters. The third-order valence-corrected chi connectivity index (χ3v) is 6.65. The van der Waals surface area contributed by atoms with E-state index in [0.29, 0.717) is 12.7 Å². The Labute approximate surface area is 192 Å². The van der Waals surface area contributed by atoms with Gasteiger partial charge in [-0.15, -0.1) is 0 Å². The molecule has 2 aliphatic heterocycles. The van der Waals surface area contributed by atoms with E-state index in [4.69, 9.17) is 4.74 Å². The fourth-order valence-electron chi connectivity index (χ4n) is 4.27. The van der Waals surface area contributed by atoms with Gasteiger partial charge in [-0.25, -0.2) is 35.1 Å². The lowest BCUT2D eigenvalue weighted by Gasteiger charge is -2.33. The number of nitrogens with zero attached hydrogens (tertiary/aromatic N) is 1. The van der Waals surface area contributed by atoms with Crippen molar-refractivity contribution in [3.05, 3.63) is 59.4 Å². The second kappa shape index (κ2) is 8.90. The van der Waals surface area contributed by atoms with Gasteiger partial charge < -0.3 is 9.64 Å². The molecule has 2 aliphatic rings. The Morgan fingerprint density at radius 3 is 2.32 bits per heavy atom. The quantitative estimate of drug-likeness (QED) is 0.614. The fourth-order valence-corrected chi connectivity index (χ4v) is 5.06. The van der Waals surface area contributed by atoms with E-state index in [1.54, 1.807) is 0 Å². The summed E-state index contributed by atoms with van der Waals surface area (Å²) in [7, 11) is -4.12. The zero-order chi connectivity index (χ0) is 24.8. The number of benzene rings is 2. The number of likely N-dealkylation sites (tertiary alicyclic amines) is 1. The number of carbonyl (C=O) groups excluding carboxylic acids is 1. The van der Waals surface area contributed by atoms with E-state index in [9.17, 15) is 30.8 Å². The Balaban J connectivity index is 1.74. The van der Waals surface area contributed by atoms with E-state index in [1.807, 2.05) is 4.72 Å². The number of sulfonamides is 1. The van der Waals surface area contributed by atoms with Crippen LogP contribution in [-0.2, 0) is 26.0 Å². The summed E-state index contributed by atoms with van der Waals surface area (Å²) >= 11 is 0. The van der Waals surface area contributed by atoms with Gasteiger partial charge in [0.15, 0.2) is 11.6 Å². The molecule has 2 fully saturated rings. The molecule has 6 nitrogen and oxygen atoms in total. The SMILES string of the molecule is CS(=O)(=O)N[C@@H]1[C@H](Cc2cccc(-c3cccc(F)c3F)c2F)N(C(=O)[C@H]2CCO2)CC1(F)F. The number of hydrogen-bond donors (Lipinski definition) is 1. The van der Waals surface area contributed by atoms with Crippen LogP contribution >= 0.6 is 0 Å². The number of hydrogen-bond acceptors (Lipinski definition) is 4. The molecule has 0 aliphatic carbocycles. The zero-order valence-corrected chi connectivity index (χ0v) is 18.7. The molecule has 2 aromatic carbocycles. The van der Waals surface area contributed by atoms with Crippen LogP contribution in [0.3, 0.4) is 0 Å². The minimum absolute atomic E-state index is 0.170. The van der Waals surface area contributed by atoms with Crippen molar-refractivity contribution in [3.8, 4) is 11.1 Å². The monoisotopic (exact) mass is 504 g/mol. The van der Waals surface area contributed by atoms with Crippen molar-refractivity contribution in [3.63, 3.8) is 0 Å². The molecule has 0 bridgehead atoms. The van der Waals surface area contributed by atoms with E-state index in [-0.39, 0.29) is 23.3 Å². The van der Waals surface area contributed by atoms with Gasteiger partial charge in [0.25, 0.3) is 11.8 Å². The Bertz CT molecular complexity index is 1220. The molecule has 0 spiro atoms. The molecule has 2 heterocycles. The Morgan fingerprint density at radius 2 is 1.74 bits per heavy atom. The molecule has 1 amide bonds. The maximum atomic E-state index is 15.4. The number of carbonyl (C=O) groups is 1. The van der Waals surface area contributed by atoms with Gasteiger partial charge in [-0.05, 0) is 18.1 Å². The standard InChI is InChI=1S/C22H21F5N2O4S/c1-34(31,32)28-20-16(29(11-22(20,26)27)21(30)17-8-9-33-17)10-12-4-2-5-13(18(12)24)14-6-3-7-15(23)19(14)25/h2-7,16-17,20,28H,8-11H2,1H3/t16-,17+,20+/m0/s1. The van der Waals surface area contributed by atoms with Gasteiger partial charge in [-0.3, -0.25) is 4.79 Å². The summed E-state index contributed by atoms with van der Waals surface area (Å²) in [5.74, 6) is -7.85. The Hall–Kier alpha value is -2.57. The van der Waals surface area contributed by atoms with E-state index in [2.05, 4.69) is 0 Å². The molecule has 0 radical (unpaired) electrons. The average Bonchev–Trinajstić information content (AvgIpc) is 2.94. The summed E-state index contributed by atoms with van der Waals surface area (Å²) in [5.41, 5.74) is -0.832. The lowest BCUT2D eigenvalue weighted by atomic mass is 9.95. The van der Waals surface area contributed by atoms with E-state index >= 15 is 4.39 Å². The largest absolute Gasteiger partial charge is 0.368 e. The number of alkyl halides is 2. The van der Waals surface area contributed by atoms with Crippen LogP contribution in [0.5, 0.6) is 0 Å². The third kappa shape index (κ3) is 4.66. The highest BCUT2D eigenvalue weighted by Gasteiger charge is 2.58. The molecule has 2 saturated heterocycles. The van der Waals surface area contributed by atoms with Crippen molar-refractivity contribution in [2.75, 3.05) is 19.4 Å². The number of rotatable bonds is 6. The van der Waals surface area contributed by atoms with Crippen LogP contribution in [0.25, 0.3) is 11.1 Å². The molecule has 1 N–H and O–H groups in total. The highest BCUT2D eigenvalue weighted by atomic mass is 32.2. The summed E-state index contributed by atoms with van der Waals surface area (Å²) in [6, 6.07) is 3.55. The summed E-state index contributed by atoms with van der Waals surface area (Å²) < 4.78 is 104. The first-order chi connectivity index (χ1) is 15.9. The molecule has 4 rings (SSSR count). The van der Waals surface area contributed by atoms with Crippen LogP contribution in [0.4, 0.5) is 22.0 Å². The highest BCUT2D eigenvalue weighted by Crippen LogP contribution is 2.37. The Kier molecular flexibility index (Phi) is 6.42. The number of ether oxygens (including phenoxy) is 1. The molecule has 0 aromatic heterocycles. The van der Waals surface area contributed by atoms with Gasteiger partial charge in [0.05, 0.1) is 25.4 Å². The molecule has 184 valence electrons. The van der Waals surface area contributed by atoms with Crippen molar-refractivity contribution in [1.82, 2.24) is 9.62 Å². The van der Waals surface area contributed by atoms with Gasteiger partial charge in [0.2, 0.25) is 10.0 Å². The maximum absolute atomic E-state index is 15.4. The average molecular weight is 504 g/mol. The molecular weight excluding hydrogens is 483 g/mol. The molecule has 3 atom stereocenters. The van der Waals surface area contributed by atoms with Crippen LogP contribution < -0.4 is 4.72 Å². The lowest BCUT2D eigenvalue weighted by Crippen LogP contribution is -2.54. The summed E-state index contributed by atoms with van der Waals surface area (Å²) in [5, 5.41) is 0. The number of halogens is 5. The van der Waals surface area contributed by atoms with E-state index < -0.39 is 70.5 Å². The second-order valence-electron chi connectivity index (χ2n) is 8.39. The topological polar surface area (TPSA) is 75.7 Å². The normalized spacial score (nSPS) is 24.2. The van der Waals surface area contributed by atoms with Gasteiger partial charge in [0.1, 0.15) is 18.0 Å². The summed E-state index contributed by atoms with van der Waals surface area (Å²) in [6.45, 7) is -0.796. The van der Waals surface area contributed by atoms with Gasteiger partial charge in [-0.1, -0.05) is 30.3 Å². The summed E-state index contributed by atoms with van der Waals surface area (Å²) in [4.78, 5) is 13.6. The number of nitrogens with one attached hydrogen (secondary N) is 1. The van der Waals surface area contributed by atoms with Crippen molar-refractivity contribution in [2.45, 2.75) is 37.0 Å². The lowest BCUT2D eigenvalue weighted by molar-refractivity contribution is -0.158.